The van der Waals surface area contributed by atoms with Crippen LogP contribution in [0.2, 0.25) is 0 Å². The van der Waals surface area contributed by atoms with Crippen molar-refractivity contribution in [2.45, 2.75) is 25.3 Å². The van der Waals surface area contributed by atoms with Crippen LogP contribution in [0.5, 0.6) is 0 Å². The molecule has 2 heterocycles. The lowest BCUT2D eigenvalue weighted by Gasteiger charge is -2.18. The minimum Gasteiger partial charge on any atom is -0.465 e. The van der Waals surface area contributed by atoms with Gasteiger partial charge in [0.1, 0.15) is 5.69 Å². The molecule has 1 aliphatic carbocycles. The van der Waals surface area contributed by atoms with Gasteiger partial charge in [0, 0.05) is 30.2 Å². The molecule has 0 radical (unpaired) electrons. The van der Waals surface area contributed by atoms with Crippen LogP contribution in [0.4, 0.5) is 4.79 Å². The van der Waals surface area contributed by atoms with Crippen molar-refractivity contribution in [2.75, 3.05) is 6.54 Å². The number of aromatic amines is 1. The SMILES string of the molecule is O=C(O)NC[C@@H](Cc1ccccc1)NC(=O)c1cc2c([nH]1)-c1ccncc1CC2. The molecule has 0 unspecified atom stereocenters. The molecular weight excluding hydrogens is 368 g/mol. The summed E-state index contributed by atoms with van der Waals surface area (Å²) < 4.78 is 0. The number of carbonyl (C=O) groups excluding carboxylic acids is 1. The van der Waals surface area contributed by atoms with Crippen LogP contribution >= 0.6 is 0 Å². The fraction of sp³-hybridized carbons (Fsp3) is 0.227. The lowest BCUT2D eigenvalue weighted by molar-refractivity contribution is 0.0930. The van der Waals surface area contributed by atoms with Crippen molar-refractivity contribution in [3.8, 4) is 11.3 Å². The maximum atomic E-state index is 12.9. The third kappa shape index (κ3) is 4.29. The molecule has 1 aromatic carbocycles. The molecular formula is C22H22N4O3. The Morgan fingerprint density at radius 3 is 2.72 bits per heavy atom. The van der Waals surface area contributed by atoms with E-state index in [2.05, 4.69) is 20.6 Å². The van der Waals surface area contributed by atoms with E-state index >= 15 is 0 Å². The van der Waals surface area contributed by atoms with Gasteiger partial charge in [0.25, 0.3) is 5.91 Å². The minimum atomic E-state index is -1.11. The summed E-state index contributed by atoms with van der Waals surface area (Å²) in [6.07, 6.45) is 4.79. The van der Waals surface area contributed by atoms with Gasteiger partial charge in [0.15, 0.2) is 0 Å². The average Bonchev–Trinajstić information content (AvgIpc) is 3.18. The van der Waals surface area contributed by atoms with E-state index in [0.29, 0.717) is 12.1 Å². The summed E-state index contributed by atoms with van der Waals surface area (Å²) in [5.41, 5.74) is 5.82. The zero-order valence-electron chi connectivity index (χ0n) is 15.8. The van der Waals surface area contributed by atoms with Crippen molar-refractivity contribution >= 4 is 12.0 Å². The predicted octanol–water partition coefficient (Wildman–Crippen LogP) is 2.78. The molecule has 4 N–H and O–H groups in total. The van der Waals surface area contributed by atoms with Gasteiger partial charge >= 0.3 is 6.09 Å². The highest BCUT2D eigenvalue weighted by molar-refractivity contribution is 5.94. The topological polar surface area (TPSA) is 107 Å². The molecule has 2 amide bonds. The molecule has 7 heteroatoms. The van der Waals surface area contributed by atoms with E-state index in [1.54, 1.807) is 6.20 Å². The molecule has 0 saturated heterocycles. The Morgan fingerprint density at radius 2 is 1.93 bits per heavy atom. The molecule has 0 aliphatic heterocycles. The molecule has 7 nitrogen and oxygen atoms in total. The van der Waals surface area contributed by atoms with Gasteiger partial charge in [0.05, 0.1) is 6.04 Å². The van der Waals surface area contributed by atoms with Crippen molar-refractivity contribution in [1.29, 1.82) is 0 Å². The number of fused-ring (bicyclic) bond motifs is 3. The Kier molecular flexibility index (Phi) is 5.29. The standard InChI is InChI=1S/C22H22N4O3/c27-21(25-17(13-24-22(28)29)10-14-4-2-1-3-5-14)19-11-15-6-7-16-12-23-9-8-18(16)20(15)26-19/h1-5,8-9,11-12,17,24,26H,6-7,10,13H2,(H,25,27)(H,28,29)/t17-/m1/s1. The Hall–Kier alpha value is -3.61. The van der Waals surface area contributed by atoms with E-state index < -0.39 is 6.09 Å². The van der Waals surface area contributed by atoms with E-state index in [4.69, 9.17) is 5.11 Å². The van der Waals surface area contributed by atoms with Crippen LogP contribution in [0.25, 0.3) is 11.3 Å². The number of aromatic nitrogens is 2. The Balaban J connectivity index is 1.52. The first-order chi connectivity index (χ1) is 14.1. The van der Waals surface area contributed by atoms with Crippen LogP contribution in [0.1, 0.15) is 27.2 Å². The van der Waals surface area contributed by atoms with Gasteiger partial charge in [-0.3, -0.25) is 9.78 Å². The summed E-state index contributed by atoms with van der Waals surface area (Å²) in [6.45, 7) is 0.130. The van der Waals surface area contributed by atoms with Crippen molar-refractivity contribution in [2.24, 2.45) is 0 Å². The molecule has 2 aromatic heterocycles. The highest BCUT2D eigenvalue weighted by atomic mass is 16.4. The van der Waals surface area contributed by atoms with E-state index in [0.717, 1.165) is 35.2 Å². The number of amides is 2. The Morgan fingerprint density at radius 1 is 1.14 bits per heavy atom. The van der Waals surface area contributed by atoms with E-state index in [-0.39, 0.29) is 18.5 Å². The van der Waals surface area contributed by atoms with Gasteiger partial charge < -0.3 is 20.7 Å². The van der Waals surface area contributed by atoms with Crippen LogP contribution in [0.15, 0.2) is 54.9 Å². The van der Waals surface area contributed by atoms with Crippen LogP contribution in [-0.2, 0) is 19.3 Å². The fourth-order valence-corrected chi connectivity index (χ4v) is 3.74. The lowest BCUT2D eigenvalue weighted by Crippen LogP contribution is -2.44. The number of hydrogen-bond donors (Lipinski definition) is 4. The first kappa shape index (κ1) is 18.7. The Bertz CT molecular complexity index is 1030. The molecule has 4 rings (SSSR count). The van der Waals surface area contributed by atoms with Gasteiger partial charge in [-0.25, -0.2) is 4.79 Å². The summed E-state index contributed by atoms with van der Waals surface area (Å²) in [4.78, 5) is 31.2. The number of benzene rings is 1. The second kappa shape index (κ2) is 8.18. The van der Waals surface area contributed by atoms with Crippen molar-refractivity contribution < 1.29 is 14.7 Å². The molecule has 148 valence electrons. The van der Waals surface area contributed by atoms with Gasteiger partial charge in [-0.2, -0.15) is 0 Å². The maximum Gasteiger partial charge on any atom is 0.404 e. The zero-order valence-corrected chi connectivity index (χ0v) is 15.8. The molecule has 0 spiro atoms. The second-order valence-electron chi connectivity index (χ2n) is 7.16. The van der Waals surface area contributed by atoms with E-state index in [1.807, 2.05) is 48.7 Å². The van der Waals surface area contributed by atoms with Crippen molar-refractivity contribution in [3.05, 3.63) is 77.2 Å². The predicted molar refractivity (Wildman–Crippen MR) is 109 cm³/mol. The highest BCUT2D eigenvalue weighted by Crippen LogP contribution is 2.32. The quantitative estimate of drug-likeness (QED) is 0.519. The molecule has 0 saturated carbocycles. The van der Waals surface area contributed by atoms with Gasteiger partial charge in [0.2, 0.25) is 0 Å². The number of H-pyrrole nitrogens is 1. The highest BCUT2D eigenvalue weighted by Gasteiger charge is 2.22. The summed E-state index contributed by atoms with van der Waals surface area (Å²) in [6, 6.07) is 13.2. The van der Waals surface area contributed by atoms with Crippen LogP contribution in [0.3, 0.4) is 0 Å². The monoisotopic (exact) mass is 390 g/mol. The summed E-state index contributed by atoms with van der Waals surface area (Å²) in [5.74, 6) is -0.247. The molecule has 3 aromatic rings. The van der Waals surface area contributed by atoms with Gasteiger partial charge in [-0.05, 0) is 48.1 Å². The number of hydrogen-bond acceptors (Lipinski definition) is 3. The number of carbonyl (C=O) groups is 2. The normalized spacial score (nSPS) is 13.1. The molecule has 1 aliphatic rings. The number of aryl methyl sites for hydroxylation is 2. The smallest absolute Gasteiger partial charge is 0.404 e. The number of rotatable bonds is 6. The molecule has 0 fully saturated rings. The lowest BCUT2D eigenvalue weighted by atomic mass is 9.92. The number of pyridine rings is 1. The fourth-order valence-electron chi connectivity index (χ4n) is 3.74. The molecule has 0 bridgehead atoms. The molecule has 1 atom stereocenters. The number of nitrogens with zero attached hydrogens (tertiary/aromatic N) is 1. The first-order valence-electron chi connectivity index (χ1n) is 9.57. The number of nitrogens with one attached hydrogen (secondary N) is 3. The second-order valence-corrected chi connectivity index (χ2v) is 7.16. The third-order valence-electron chi connectivity index (χ3n) is 5.14. The molecule has 29 heavy (non-hydrogen) atoms. The van der Waals surface area contributed by atoms with Crippen molar-refractivity contribution in [3.63, 3.8) is 0 Å². The minimum absolute atomic E-state index is 0.130. The van der Waals surface area contributed by atoms with Crippen LogP contribution in [-0.4, -0.2) is 39.7 Å². The summed E-state index contributed by atoms with van der Waals surface area (Å²) in [7, 11) is 0. The van der Waals surface area contributed by atoms with Gasteiger partial charge in [-0.15, -0.1) is 0 Å². The Labute approximate surface area is 168 Å². The average molecular weight is 390 g/mol. The van der Waals surface area contributed by atoms with E-state index in [1.165, 1.54) is 5.56 Å². The summed E-state index contributed by atoms with van der Waals surface area (Å²) >= 11 is 0. The van der Waals surface area contributed by atoms with Crippen molar-refractivity contribution in [1.82, 2.24) is 20.6 Å². The zero-order chi connectivity index (χ0) is 20.2. The van der Waals surface area contributed by atoms with Crippen LogP contribution < -0.4 is 10.6 Å². The van der Waals surface area contributed by atoms with E-state index in [9.17, 15) is 9.59 Å². The maximum absolute atomic E-state index is 12.9. The largest absolute Gasteiger partial charge is 0.465 e. The van der Waals surface area contributed by atoms with Crippen LogP contribution in [0, 0.1) is 0 Å². The number of carboxylic acid groups (broad SMARTS) is 1. The summed E-state index contributed by atoms with van der Waals surface area (Å²) in [5, 5.41) is 14.3. The van der Waals surface area contributed by atoms with Gasteiger partial charge in [-0.1, -0.05) is 30.3 Å². The third-order valence-corrected chi connectivity index (χ3v) is 5.14. The first-order valence-corrected chi connectivity index (χ1v) is 9.57.